The number of nitrogens with one attached hydrogen (secondary N) is 2. The van der Waals surface area contributed by atoms with Gasteiger partial charge in [0.05, 0.1) is 0 Å². The van der Waals surface area contributed by atoms with Crippen LogP contribution in [-0.2, 0) is 13.0 Å². The highest BCUT2D eigenvalue weighted by molar-refractivity contribution is 5.48. The van der Waals surface area contributed by atoms with E-state index in [1.165, 1.54) is 11.1 Å². The van der Waals surface area contributed by atoms with Gasteiger partial charge in [-0.3, -0.25) is 0 Å². The first-order valence-corrected chi connectivity index (χ1v) is 7.63. The lowest BCUT2D eigenvalue weighted by Crippen LogP contribution is -2.09. The van der Waals surface area contributed by atoms with Crippen LogP contribution in [0, 0.1) is 6.92 Å². The number of aryl methyl sites for hydroxylation is 2. The van der Waals surface area contributed by atoms with Gasteiger partial charge >= 0.3 is 0 Å². The van der Waals surface area contributed by atoms with Gasteiger partial charge in [0.1, 0.15) is 17.5 Å². The van der Waals surface area contributed by atoms with Gasteiger partial charge in [-0.1, -0.05) is 38.1 Å². The summed E-state index contributed by atoms with van der Waals surface area (Å²) in [7, 11) is 0. The standard InChI is InChI=1S/C17H24N4/c1-4-10-18-16-11-17(21-15(5-2)20-16)19-12-14-9-7-6-8-13(14)3/h6-9,11H,4-5,10,12H2,1-3H3,(H2,18,19,20,21). The predicted octanol–water partition coefficient (Wildman–Crippen LogP) is 3.78. The van der Waals surface area contributed by atoms with Crippen LogP contribution in [0.3, 0.4) is 0 Å². The van der Waals surface area contributed by atoms with E-state index in [2.05, 4.69) is 65.6 Å². The van der Waals surface area contributed by atoms with Crippen molar-refractivity contribution in [3.05, 3.63) is 47.3 Å². The van der Waals surface area contributed by atoms with Gasteiger partial charge in [-0.25, -0.2) is 9.97 Å². The summed E-state index contributed by atoms with van der Waals surface area (Å²) >= 11 is 0. The van der Waals surface area contributed by atoms with Gasteiger partial charge in [-0.15, -0.1) is 0 Å². The van der Waals surface area contributed by atoms with Gasteiger partial charge in [0.25, 0.3) is 0 Å². The number of hydrogen-bond donors (Lipinski definition) is 2. The lowest BCUT2D eigenvalue weighted by Gasteiger charge is -2.11. The van der Waals surface area contributed by atoms with E-state index < -0.39 is 0 Å². The molecular formula is C17H24N4. The van der Waals surface area contributed by atoms with Gasteiger partial charge in [-0.05, 0) is 24.5 Å². The third-order valence-corrected chi connectivity index (χ3v) is 3.37. The number of nitrogens with zero attached hydrogens (tertiary/aromatic N) is 2. The van der Waals surface area contributed by atoms with Gasteiger partial charge < -0.3 is 10.6 Å². The molecule has 1 aromatic heterocycles. The summed E-state index contributed by atoms with van der Waals surface area (Å²) < 4.78 is 0. The number of rotatable bonds is 7. The molecule has 112 valence electrons. The van der Waals surface area contributed by atoms with Crippen LogP contribution in [-0.4, -0.2) is 16.5 Å². The van der Waals surface area contributed by atoms with Crippen LogP contribution in [0.1, 0.15) is 37.2 Å². The molecule has 2 aromatic rings. The Morgan fingerprint density at radius 1 is 1.00 bits per heavy atom. The number of anilines is 2. The van der Waals surface area contributed by atoms with Gasteiger partial charge in [0, 0.05) is 25.6 Å². The van der Waals surface area contributed by atoms with E-state index in [9.17, 15) is 0 Å². The van der Waals surface area contributed by atoms with Crippen molar-refractivity contribution in [2.45, 2.75) is 40.2 Å². The van der Waals surface area contributed by atoms with Crippen molar-refractivity contribution in [3.63, 3.8) is 0 Å². The number of benzene rings is 1. The van der Waals surface area contributed by atoms with Crippen LogP contribution in [0.2, 0.25) is 0 Å². The van der Waals surface area contributed by atoms with E-state index in [-0.39, 0.29) is 0 Å². The van der Waals surface area contributed by atoms with Crippen LogP contribution in [0.15, 0.2) is 30.3 Å². The molecule has 0 unspecified atom stereocenters. The summed E-state index contributed by atoms with van der Waals surface area (Å²) in [5.74, 6) is 2.64. The molecule has 0 radical (unpaired) electrons. The zero-order valence-electron chi connectivity index (χ0n) is 13.1. The van der Waals surface area contributed by atoms with Crippen molar-refractivity contribution >= 4 is 11.6 Å². The lowest BCUT2D eigenvalue weighted by molar-refractivity contribution is 0.912. The van der Waals surface area contributed by atoms with E-state index in [0.717, 1.165) is 43.4 Å². The molecule has 4 heteroatoms. The first-order valence-electron chi connectivity index (χ1n) is 7.63. The molecule has 0 saturated heterocycles. The Kier molecular flexibility index (Phi) is 5.55. The molecule has 0 fully saturated rings. The van der Waals surface area contributed by atoms with Crippen molar-refractivity contribution in [1.29, 1.82) is 0 Å². The lowest BCUT2D eigenvalue weighted by atomic mass is 10.1. The van der Waals surface area contributed by atoms with Crippen LogP contribution >= 0.6 is 0 Å². The van der Waals surface area contributed by atoms with Crippen LogP contribution in [0.5, 0.6) is 0 Å². The van der Waals surface area contributed by atoms with Crippen molar-refractivity contribution in [2.75, 3.05) is 17.2 Å². The molecule has 0 aliphatic rings. The Morgan fingerprint density at radius 2 is 1.71 bits per heavy atom. The van der Waals surface area contributed by atoms with E-state index >= 15 is 0 Å². The Hall–Kier alpha value is -2.10. The minimum absolute atomic E-state index is 0.778. The summed E-state index contributed by atoms with van der Waals surface area (Å²) in [5, 5.41) is 6.73. The molecule has 4 nitrogen and oxygen atoms in total. The van der Waals surface area contributed by atoms with Crippen molar-refractivity contribution < 1.29 is 0 Å². The number of aromatic nitrogens is 2. The van der Waals surface area contributed by atoms with E-state index in [1.54, 1.807) is 0 Å². The van der Waals surface area contributed by atoms with Crippen LogP contribution < -0.4 is 10.6 Å². The van der Waals surface area contributed by atoms with Gasteiger partial charge in [-0.2, -0.15) is 0 Å². The van der Waals surface area contributed by atoms with Gasteiger partial charge in [0.2, 0.25) is 0 Å². The molecule has 1 heterocycles. The summed E-state index contributed by atoms with van der Waals surface area (Å²) in [6.07, 6.45) is 1.91. The average molecular weight is 284 g/mol. The molecule has 0 spiro atoms. The van der Waals surface area contributed by atoms with Crippen LogP contribution in [0.25, 0.3) is 0 Å². The molecule has 1 aromatic carbocycles. The highest BCUT2D eigenvalue weighted by Gasteiger charge is 2.04. The van der Waals surface area contributed by atoms with Crippen molar-refractivity contribution in [2.24, 2.45) is 0 Å². The van der Waals surface area contributed by atoms with Crippen molar-refractivity contribution in [1.82, 2.24) is 9.97 Å². The SMILES string of the molecule is CCCNc1cc(NCc2ccccc2C)nc(CC)n1. The average Bonchev–Trinajstić information content (AvgIpc) is 2.52. The zero-order valence-corrected chi connectivity index (χ0v) is 13.1. The van der Waals surface area contributed by atoms with Gasteiger partial charge in [0.15, 0.2) is 0 Å². The molecule has 0 aliphatic heterocycles. The summed E-state index contributed by atoms with van der Waals surface area (Å²) in [5.41, 5.74) is 2.58. The zero-order chi connectivity index (χ0) is 15.1. The second-order valence-electron chi connectivity index (χ2n) is 5.12. The third-order valence-electron chi connectivity index (χ3n) is 3.37. The number of hydrogen-bond acceptors (Lipinski definition) is 4. The molecule has 0 saturated carbocycles. The highest BCUT2D eigenvalue weighted by Crippen LogP contribution is 2.14. The molecule has 0 aliphatic carbocycles. The summed E-state index contributed by atoms with van der Waals surface area (Å²) in [4.78, 5) is 9.04. The first kappa shape index (κ1) is 15.3. The maximum absolute atomic E-state index is 4.54. The Balaban J connectivity index is 2.09. The second kappa shape index (κ2) is 7.62. The maximum atomic E-state index is 4.54. The van der Waals surface area contributed by atoms with E-state index in [0.29, 0.717) is 0 Å². The predicted molar refractivity (Wildman–Crippen MR) is 88.7 cm³/mol. The fourth-order valence-electron chi connectivity index (χ4n) is 2.08. The normalized spacial score (nSPS) is 10.4. The Bertz CT molecular complexity index is 581. The highest BCUT2D eigenvalue weighted by atomic mass is 15.1. The molecule has 0 amide bonds. The quantitative estimate of drug-likeness (QED) is 0.812. The minimum atomic E-state index is 0.778. The molecule has 2 rings (SSSR count). The topological polar surface area (TPSA) is 49.8 Å². The fourth-order valence-corrected chi connectivity index (χ4v) is 2.08. The largest absolute Gasteiger partial charge is 0.370 e. The molecule has 21 heavy (non-hydrogen) atoms. The summed E-state index contributed by atoms with van der Waals surface area (Å²) in [6.45, 7) is 8.05. The molecule has 2 N–H and O–H groups in total. The molecule has 0 atom stereocenters. The maximum Gasteiger partial charge on any atom is 0.132 e. The van der Waals surface area contributed by atoms with Crippen LogP contribution in [0.4, 0.5) is 11.6 Å². The second-order valence-corrected chi connectivity index (χ2v) is 5.12. The molecule has 0 bridgehead atoms. The van der Waals surface area contributed by atoms with E-state index in [1.807, 2.05) is 6.07 Å². The third kappa shape index (κ3) is 4.45. The monoisotopic (exact) mass is 284 g/mol. The summed E-state index contributed by atoms with van der Waals surface area (Å²) in [6, 6.07) is 10.4. The fraction of sp³-hybridized carbons (Fsp3) is 0.412. The minimum Gasteiger partial charge on any atom is -0.370 e. The first-order chi connectivity index (χ1) is 10.2. The van der Waals surface area contributed by atoms with Crippen molar-refractivity contribution in [3.8, 4) is 0 Å². The Morgan fingerprint density at radius 3 is 2.38 bits per heavy atom. The van der Waals surface area contributed by atoms with E-state index in [4.69, 9.17) is 0 Å². The Labute approximate surface area is 127 Å². The smallest absolute Gasteiger partial charge is 0.132 e. The molecular weight excluding hydrogens is 260 g/mol.